The van der Waals surface area contributed by atoms with Crippen LogP contribution in [0.15, 0.2) is 30.3 Å². The smallest absolute Gasteiger partial charge is 0.0697 e. The Morgan fingerprint density at radius 2 is 1.79 bits per heavy atom. The molecule has 1 fully saturated rings. The van der Waals surface area contributed by atoms with Gasteiger partial charge in [-0.3, -0.25) is 0 Å². The molecule has 2 nitrogen and oxygen atoms in total. The first kappa shape index (κ1) is 14.1. The van der Waals surface area contributed by atoms with E-state index < -0.39 is 0 Å². The van der Waals surface area contributed by atoms with Crippen LogP contribution in [0.4, 0.5) is 0 Å². The maximum atomic E-state index is 9.02. The van der Waals surface area contributed by atoms with Gasteiger partial charge in [-0.1, -0.05) is 30.3 Å². The number of nitriles is 1. The van der Waals surface area contributed by atoms with Crippen molar-refractivity contribution in [1.29, 1.82) is 5.26 Å². The topological polar surface area (TPSA) is 35.8 Å². The Morgan fingerprint density at radius 1 is 1.16 bits per heavy atom. The van der Waals surface area contributed by atoms with Gasteiger partial charge >= 0.3 is 0 Å². The Balaban J connectivity index is 1.79. The number of benzene rings is 1. The summed E-state index contributed by atoms with van der Waals surface area (Å²) in [5.74, 6) is 0.725. The van der Waals surface area contributed by atoms with Crippen molar-refractivity contribution in [3.8, 4) is 6.07 Å². The van der Waals surface area contributed by atoms with E-state index in [-0.39, 0.29) is 5.41 Å². The van der Waals surface area contributed by atoms with Gasteiger partial charge < -0.3 is 5.32 Å². The number of nitrogens with one attached hydrogen (secondary N) is 1. The predicted octanol–water partition coefficient (Wildman–Crippen LogP) is 3.85. The van der Waals surface area contributed by atoms with Crippen LogP contribution in [0.1, 0.15) is 51.0 Å². The molecule has 0 unspecified atom stereocenters. The molecule has 1 aliphatic carbocycles. The molecule has 0 spiro atoms. The second kappa shape index (κ2) is 6.21. The number of nitrogens with zero attached hydrogens (tertiary/aromatic N) is 1. The van der Waals surface area contributed by atoms with Crippen LogP contribution < -0.4 is 5.32 Å². The minimum atomic E-state index is -0.254. The largest absolute Gasteiger partial charge is 0.312 e. The molecule has 0 heterocycles. The zero-order valence-corrected chi connectivity index (χ0v) is 12.0. The van der Waals surface area contributed by atoms with Gasteiger partial charge in [-0.15, -0.1) is 0 Å². The fourth-order valence-corrected chi connectivity index (χ4v) is 2.80. The Morgan fingerprint density at radius 3 is 2.37 bits per heavy atom. The van der Waals surface area contributed by atoms with Gasteiger partial charge in [0.15, 0.2) is 0 Å². The summed E-state index contributed by atoms with van der Waals surface area (Å²) in [6.45, 7) is 4.79. The minimum absolute atomic E-state index is 0.254. The van der Waals surface area contributed by atoms with E-state index in [2.05, 4.69) is 41.7 Å². The second-order valence-corrected chi connectivity index (χ2v) is 6.34. The first-order valence-electron chi connectivity index (χ1n) is 7.30. The molecule has 1 N–H and O–H groups in total. The SMILES string of the molecule is CC(C)(C#N)CNC1CCC(c2ccccc2)CC1. The Labute approximate surface area is 116 Å². The van der Waals surface area contributed by atoms with Crippen LogP contribution in [0.5, 0.6) is 0 Å². The van der Waals surface area contributed by atoms with Gasteiger partial charge in [0.1, 0.15) is 0 Å². The highest BCUT2D eigenvalue weighted by molar-refractivity contribution is 5.20. The molecule has 0 aromatic heterocycles. The van der Waals surface area contributed by atoms with E-state index in [9.17, 15) is 0 Å². The third kappa shape index (κ3) is 4.08. The van der Waals surface area contributed by atoms with Gasteiger partial charge in [-0.05, 0) is 51.0 Å². The molecule has 1 aromatic rings. The molecular weight excluding hydrogens is 232 g/mol. The highest BCUT2D eigenvalue weighted by atomic mass is 14.9. The van der Waals surface area contributed by atoms with Gasteiger partial charge in [0.25, 0.3) is 0 Å². The number of hydrogen-bond donors (Lipinski definition) is 1. The summed E-state index contributed by atoms with van der Waals surface area (Å²) in [5, 5.41) is 12.6. The van der Waals surface area contributed by atoms with Gasteiger partial charge in [-0.25, -0.2) is 0 Å². The van der Waals surface area contributed by atoms with Crippen molar-refractivity contribution in [2.45, 2.75) is 51.5 Å². The fraction of sp³-hybridized carbons (Fsp3) is 0.588. The van der Waals surface area contributed by atoms with E-state index in [1.54, 1.807) is 0 Å². The van der Waals surface area contributed by atoms with E-state index >= 15 is 0 Å². The van der Waals surface area contributed by atoms with Crippen molar-refractivity contribution in [3.05, 3.63) is 35.9 Å². The van der Waals surface area contributed by atoms with Crippen LogP contribution in [-0.4, -0.2) is 12.6 Å². The van der Waals surface area contributed by atoms with Gasteiger partial charge in [-0.2, -0.15) is 5.26 Å². The molecule has 1 saturated carbocycles. The van der Waals surface area contributed by atoms with Gasteiger partial charge in [0.05, 0.1) is 11.5 Å². The molecule has 0 atom stereocenters. The molecule has 19 heavy (non-hydrogen) atoms. The summed E-state index contributed by atoms with van der Waals surface area (Å²) in [7, 11) is 0. The second-order valence-electron chi connectivity index (χ2n) is 6.34. The van der Waals surface area contributed by atoms with Crippen molar-refractivity contribution in [1.82, 2.24) is 5.32 Å². The predicted molar refractivity (Wildman–Crippen MR) is 78.8 cm³/mol. The third-order valence-electron chi connectivity index (χ3n) is 4.13. The average Bonchev–Trinajstić information content (AvgIpc) is 2.47. The fourth-order valence-electron chi connectivity index (χ4n) is 2.80. The van der Waals surface area contributed by atoms with E-state index in [1.807, 2.05) is 13.8 Å². The lowest BCUT2D eigenvalue weighted by molar-refractivity contribution is 0.313. The van der Waals surface area contributed by atoms with Crippen molar-refractivity contribution in [3.63, 3.8) is 0 Å². The van der Waals surface area contributed by atoms with Crippen LogP contribution in [-0.2, 0) is 0 Å². The number of hydrogen-bond acceptors (Lipinski definition) is 2. The summed E-state index contributed by atoms with van der Waals surface area (Å²) in [6, 6.07) is 13.8. The quantitative estimate of drug-likeness (QED) is 0.888. The van der Waals surface area contributed by atoms with Crippen molar-refractivity contribution in [2.24, 2.45) is 5.41 Å². The molecule has 1 aromatic carbocycles. The molecular formula is C17H24N2. The monoisotopic (exact) mass is 256 g/mol. The third-order valence-corrected chi connectivity index (χ3v) is 4.13. The normalized spacial score (nSPS) is 23.8. The summed E-state index contributed by atoms with van der Waals surface area (Å²) < 4.78 is 0. The van der Waals surface area contributed by atoms with Crippen molar-refractivity contribution >= 4 is 0 Å². The Hall–Kier alpha value is -1.33. The summed E-state index contributed by atoms with van der Waals surface area (Å²) in [4.78, 5) is 0. The highest BCUT2D eigenvalue weighted by Gasteiger charge is 2.24. The van der Waals surface area contributed by atoms with Crippen molar-refractivity contribution < 1.29 is 0 Å². The number of rotatable bonds is 4. The van der Waals surface area contributed by atoms with Crippen LogP contribution in [0.25, 0.3) is 0 Å². The Bertz CT molecular complexity index is 422. The minimum Gasteiger partial charge on any atom is -0.312 e. The molecule has 102 valence electrons. The lowest BCUT2D eigenvalue weighted by Gasteiger charge is -2.31. The van der Waals surface area contributed by atoms with Crippen LogP contribution in [0, 0.1) is 16.7 Å². The summed E-state index contributed by atoms with van der Waals surface area (Å²) >= 11 is 0. The summed E-state index contributed by atoms with van der Waals surface area (Å²) in [5.41, 5.74) is 1.23. The van der Waals surface area contributed by atoms with Crippen LogP contribution in [0.2, 0.25) is 0 Å². The Kier molecular flexibility index (Phi) is 4.61. The van der Waals surface area contributed by atoms with E-state index in [1.165, 1.54) is 31.2 Å². The van der Waals surface area contributed by atoms with Crippen molar-refractivity contribution in [2.75, 3.05) is 6.54 Å². The molecule has 0 bridgehead atoms. The lowest BCUT2D eigenvalue weighted by Crippen LogP contribution is -2.38. The molecule has 1 aliphatic rings. The average molecular weight is 256 g/mol. The maximum Gasteiger partial charge on any atom is 0.0697 e. The molecule has 0 aliphatic heterocycles. The maximum absolute atomic E-state index is 9.02. The molecule has 2 heteroatoms. The van der Waals surface area contributed by atoms with Gasteiger partial charge in [0.2, 0.25) is 0 Å². The first-order chi connectivity index (χ1) is 9.11. The first-order valence-corrected chi connectivity index (χ1v) is 7.30. The van der Waals surface area contributed by atoms with Gasteiger partial charge in [0, 0.05) is 12.6 Å². The summed E-state index contributed by atoms with van der Waals surface area (Å²) in [6.07, 6.45) is 4.96. The lowest BCUT2D eigenvalue weighted by atomic mass is 9.81. The van der Waals surface area contributed by atoms with Crippen LogP contribution >= 0.6 is 0 Å². The molecule has 0 amide bonds. The zero-order chi connectivity index (χ0) is 13.7. The highest BCUT2D eigenvalue weighted by Crippen LogP contribution is 2.32. The molecule has 0 saturated heterocycles. The van der Waals surface area contributed by atoms with Crippen LogP contribution in [0.3, 0.4) is 0 Å². The molecule has 2 rings (SSSR count). The van der Waals surface area contributed by atoms with E-state index in [0.717, 1.165) is 12.5 Å². The van der Waals surface area contributed by atoms with E-state index in [4.69, 9.17) is 5.26 Å². The zero-order valence-electron chi connectivity index (χ0n) is 12.0. The van der Waals surface area contributed by atoms with E-state index in [0.29, 0.717) is 6.04 Å². The molecule has 0 radical (unpaired) electrons. The standard InChI is InChI=1S/C17H24N2/c1-17(2,12-18)13-19-16-10-8-15(9-11-16)14-6-4-3-5-7-14/h3-7,15-16,19H,8-11,13H2,1-2H3.